The number of nitrogens with zero attached hydrogens (tertiary/aromatic N) is 1. The molecule has 2 nitrogen and oxygen atoms in total. The molecule has 1 saturated heterocycles. The predicted octanol–water partition coefficient (Wildman–Crippen LogP) is 3.37. The normalized spacial score (nSPS) is 20.8. The van der Waals surface area contributed by atoms with E-state index in [9.17, 15) is 0 Å². The quantitative estimate of drug-likeness (QED) is 0.755. The van der Waals surface area contributed by atoms with Gasteiger partial charge in [-0.15, -0.1) is 0 Å². The first kappa shape index (κ1) is 16.0. The molecule has 0 amide bonds. The maximum Gasteiger partial charge on any atom is -0.00156 e. The molecule has 0 spiro atoms. The van der Waals surface area contributed by atoms with Gasteiger partial charge in [-0.25, -0.2) is 0 Å². The highest BCUT2D eigenvalue weighted by molar-refractivity contribution is 4.75. The summed E-state index contributed by atoms with van der Waals surface area (Å²) < 4.78 is 0. The Bertz CT molecular complexity index is 205. The summed E-state index contributed by atoms with van der Waals surface area (Å²) in [6.45, 7) is 14.1. The molecule has 2 N–H and O–H groups in total. The lowest BCUT2D eigenvalue weighted by molar-refractivity contribution is 0.148. The molecular weight excluding hydrogens is 220 g/mol. The summed E-state index contributed by atoms with van der Waals surface area (Å²) in [6.07, 6.45) is 5.38. The molecule has 1 rings (SSSR count). The maximum absolute atomic E-state index is 5.88. The molecule has 108 valence electrons. The Labute approximate surface area is 114 Å². The van der Waals surface area contributed by atoms with Crippen LogP contribution in [0.3, 0.4) is 0 Å². The molecule has 0 aromatic heterocycles. The van der Waals surface area contributed by atoms with Gasteiger partial charge in [0.25, 0.3) is 0 Å². The molecule has 0 aromatic carbocycles. The van der Waals surface area contributed by atoms with E-state index in [0.717, 1.165) is 30.2 Å². The number of piperidine rings is 1. The fourth-order valence-electron chi connectivity index (χ4n) is 3.21. The zero-order chi connectivity index (χ0) is 13.5. The highest BCUT2D eigenvalue weighted by atomic mass is 15.1. The van der Waals surface area contributed by atoms with Crippen LogP contribution < -0.4 is 5.73 Å². The van der Waals surface area contributed by atoms with Gasteiger partial charge in [0, 0.05) is 0 Å². The Hall–Kier alpha value is -0.0800. The summed E-state index contributed by atoms with van der Waals surface area (Å²) in [4.78, 5) is 2.65. The van der Waals surface area contributed by atoms with Crippen molar-refractivity contribution in [1.82, 2.24) is 4.90 Å². The lowest BCUT2D eigenvalue weighted by Gasteiger charge is -2.34. The standard InChI is InChI=1S/C16H34N2/c1-13(2)11-15(12-17)5-8-18-9-6-16(7-10-18)14(3)4/h13-16H,5-12,17H2,1-4H3. The van der Waals surface area contributed by atoms with E-state index in [-0.39, 0.29) is 0 Å². The van der Waals surface area contributed by atoms with Gasteiger partial charge in [0.2, 0.25) is 0 Å². The van der Waals surface area contributed by atoms with Gasteiger partial charge in [-0.3, -0.25) is 0 Å². The van der Waals surface area contributed by atoms with E-state index in [2.05, 4.69) is 32.6 Å². The average molecular weight is 254 g/mol. The third-order valence-electron chi connectivity index (χ3n) is 4.57. The molecule has 1 heterocycles. The van der Waals surface area contributed by atoms with E-state index in [1.165, 1.54) is 45.3 Å². The maximum atomic E-state index is 5.88. The summed E-state index contributed by atoms with van der Waals surface area (Å²) in [5, 5.41) is 0. The average Bonchev–Trinajstić information content (AvgIpc) is 2.34. The summed E-state index contributed by atoms with van der Waals surface area (Å²) in [5.41, 5.74) is 5.88. The summed E-state index contributed by atoms with van der Waals surface area (Å²) in [7, 11) is 0. The third-order valence-corrected chi connectivity index (χ3v) is 4.57. The topological polar surface area (TPSA) is 29.3 Å². The van der Waals surface area contributed by atoms with Crippen LogP contribution in [0.2, 0.25) is 0 Å². The minimum Gasteiger partial charge on any atom is -0.330 e. The third kappa shape index (κ3) is 5.71. The first-order valence-electron chi connectivity index (χ1n) is 7.95. The van der Waals surface area contributed by atoms with Gasteiger partial charge in [-0.05, 0) is 75.5 Å². The highest BCUT2D eigenvalue weighted by Crippen LogP contribution is 2.25. The second-order valence-electron chi connectivity index (χ2n) is 6.94. The van der Waals surface area contributed by atoms with Gasteiger partial charge in [0.1, 0.15) is 0 Å². The summed E-state index contributed by atoms with van der Waals surface area (Å²) in [5.74, 6) is 3.34. The van der Waals surface area contributed by atoms with Gasteiger partial charge >= 0.3 is 0 Å². The number of likely N-dealkylation sites (tertiary alicyclic amines) is 1. The van der Waals surface area contributed by atoms with Crippen molar-refractivity contribution in [2.45, 2.75) is 53.4 Å². The first-order valence-corrected chi connectivity index (χ1v) is 7.95. The Morgan fingerprint density at radius 1 is 1.11 bits per heavy atom. The van der Waals surface area contributed by atoms with Crippen molar-refractivity contribution < 1.29 is 0 Å². The minimum atomic E-state index is 0.729. The Morgan fingerprint density at radius 2 is 1.72 bits per heavy atom. The number of hydrogen-bond acceptors (Lipinski definition) is 2. The van der Waals surface area contributed by atoms with E-state index in [0.29, 0.717) is 0 Å². The van der Waals surface area contributed by atoms with Crippen LogP contribution in [0, 0.1) is 23.7 Å². The van der Waals surface area contributed by atoms with E-state index >= 15 is 0 Å². The van der Waals surface area contributed by atoms with E-state index < -0.39 is 0 Å². The molecule has 18 heavy (non-hydrogen) atoms. The van der Waals surface area contributed by atoms with Crippen LogP contribution in [-0.4, -0.2) is 31.1 Å². The second-order valence-corrected chi connectivity index (χ2v) is 6.94. The fourth-order valence-corrected chi connectivity index (χ4v) is 3.21. The van der Waals surface area contributed by atoms with E-state index in [1.54, 1.807) is 0 Å². The molecular formula is C16H34N2. The minimum absolute atomic E-state index is 0.729. The molecule has 2 heteroatoms. The Morgan fingerprint density at radius 3 is 2.17 bits per heavy atom. The largest absolute Gasteiger partial charge is 0.330 e. The van der Waals surface area contributed by atoms with Crippen LogP contribution in [0.25, 0.3) is 0 Å². The number of hydrogen-bond donors (Lipinski definition) is 1. The molecule has 1 fully saturated rings. The lowest BCUT2D eigenvalue weighted by Crippen LogP contribution is -2.37. The zero-order valence-electron chi connectivity index (χ0n) is 13.0. The van der Waals surface area contributed by atoms with Crippen molar-refractivity contribution in [2.75, 3.05) is 26.2 Å². The summed E-state index contributed by atoms with van der Waals surface area (Å²) in [6, 6.07) is 0. The molecule has 0 bridgehead atoms. The van der Waals surface area contributed by atoms with Gasteiger partial charge in [-0.1, -0.05) is 27.7 Å². The van der Waals surface area contributed by atoms with Crippen molar-refractivity contribution in [3.8, 4) is 0 Å². The molecule has 1 unspecified atom stereocenters. The molecule has 0 aromatic rings. The first-order chi connectivity index (χ1) is 8.52. The monoisotopic (exact) mass is 254 g/mol. The Kier molecular flexibility index (Phi) is 7.25. The number of nitrogens with two attached hydrogens (primary N) is 1. The molecule has 0 radical (unpaired) electrons. The van der Waals surface area contributed by atoms with Gasteiger partial charge in [0.15, 0.2) is 0 Å². The Balaban J connectivity index is 2.20. The molecule has 0 aliphatic carbocycles. The molecule has 0 saturated carbocycles. The van der Waals surface area contributed by atoms with Crippen molar-refractivity contribution in [1.29, 1.82) is 0 Å². The molecule has 1 aliphatic heterocycles. The van der Waals surface area contributed by atoms with E-state index in [1.807, 2.05) is 0 Å². The fraction of sp³-hybridized carbons (Fsp3) is 1.00. The van der Waals surface area contributed by atoms with Crippen molar-refractivity contribution >= 4 is 0 Å². The number of rotatable bonds is 7. The molecule has 1 aliphatic rings. The molecule has 1 atom stereocenters. The van der Waals surface area contributed by atoms with Crippen LogP contribution in [-0.2, 0) is 0 Å². The van der Waals surface area contributed by atoms with E-state index in [4.69, 9.17) is 5.73 Å². The van der Waals surface area contributed by atoms with Gasteiger partial charge < -0.3 is 10.6 Å². The lowest BCUT2D eigenvalue weighted by atomic mass is 9.86. The van der Waals surface area contributed by atoms with Gasteiger partial charge in [-0.2, -0.15) is 0 Å². The predicted molar refractivity (Wildman–Crippen MR) is 80.6 cm³/mol. The zero-order valence-corrected chi connectivity index (χ0v) is 13.0. The second kappa shape index (κ2) is 8.16. The van der Waals surface area contributed by atoms with Crippen molar-refractivity contribution in [3.05, 3.63) is 0 Å². The van der Waals surface area contributed by atoms with Crippen LogP contribution in [0.15, 0.2) is 0 Å². The van der Waals surface area contributed by atoms with Crippen LogP contribution >= 0.6 is 0 Å². The highest BCUT2D eigenvalue weighted by Gasteiger charge is 2.21. The van der Waals surface area contributed by atoms with Crippen LogP contribution in [0.1, 0.15) is 53.4 Å². The van der Waals surface area contributed by atoms with Crippen molar-refractivity contribution in [3.63, 3.8) is 0 Å². The van der Waals surface area contributed by atoms with Crippen LogP contribution in [0.4, 0.5) is 0 Å². The van der Waals surface area contributed by atoms with Crippen molar-refractivity contribution in [2.24, 2.45) is 29.4 Å². The van der Waals surface area contributed by atoms with Gasteiger partial charge in [0.05, 0.1) is 0 Å². The van der Waals surface area contributed by atoms with Crippen LogP contribution in [0.5, 0.6) is 0 Å². The summed E-state index contributed by atoms with van der Waals surface area (Å²) >= 11 is 0. The smallest absolute Gasteiger partial charge is 0.00156 e. The SMILES string of the molecule is CC(C)CC(CN)CCN1CCC(C(C)C)CC1.